The van der Waals surface area contributed by atoms with E-state index < -0.39 is 5.97 Å². The first kappa shape index (κ1) is 21.0. The quantitative estimate of drug-likeness (QED) is 0.520. The van der Waals surface area contributed by atoms with Crippen molar-refractivity contribution in [2.75, 3.05) is 19.0 Å². The van der Waals surface area contributed by atoms with Crippen LogP contribution < -0.4 is 10.1 Å². The summed E-state index contributed by atoms with van der Waals surface area (Å²) in [7, 11) is 1.62. The first-order chi connectivity index (χ1) is 14.0. The van der Waals surface area contributed by atoms with Gasteiger partial charge >= 0.3 is 5.97 Å². The standard InChI is InChI=1S/C21H22N2O4S2/c1-4-16-11-17(21(25)27-5-2)20(29-16)23-18(24)10-14-12-28-19(22-14)13-6-8-15(26-3)9-7-13/h6-9,11-12H,4-5,10H2,1-3H3,(H,23,24). The summed E-state index contributed by atoms with van der Waals surface area (Å²) in [5, 5.41) is 6.08. The van der Waals surface area contributed by atoms with Gasteiger partial charge in [-0.25, -0.2) is 9.78 Å². The Balaban J connectivity index is 1.69. The second-order valence-electron chi connectivity index (χ2n) is 6.13. The number of carbonyl (C=O) groups excluding carboxylic acids is 2. The lowest BCUT2D eigenvalue weighted by Crippen LogP contribution is -2.16. The molecule has 1 amide bonds. The van der Waals surface area contributed by atoms with Gasteiger partial charge in [-0.3, -0.25) is 4.79 Å². The van der Waals surface area contributed by atoms with Gasteiger partial charge in [-0.2, -0.15) is 0 Å². The van der Waals surface area contributed by atoms with Gasteiger partial charge in [0.1, 0.15) is 15.8 Å². The molecular formula is C21H22N2O4S2. The number of carbonyl (C=O) groups is 2. The minimum absolute atomic E-state index is 0.133. The molecule has 0 unspecified atom stereocenters. The van der Waals surface area contributed by atoms with Gasteiger partial charge in [-0.15, -0.1) is 22.7 Å². The van der Waals surface area contributed by atoms with Crippen LogP contribution >= 0.6 is 22.7 Å². The van der Waals surface area contributed by atoms with Crippen molar-refractivity contribution in [3.8, 4) is 16.3 Å². The molecule has 0 saturated heterocycles. The average molecular weight is 431 g/mol. The van der Waals surface area contributed by atoms with Crippen LogP contribution in [0.5, 0.6) is 5.75 Å². The molecule has 0 fully saturated rings. The average Bonchev–Trinajstić information content (AvgIpc) is 3.35. The molecule has 29 heavy (non-hydrogen) atoms. The Morgan fingerprint density at radius 2 is 1.93 bits per heavy atom. The van der Waals surface area contributed by atoms with Crippen LogP contribution in [0, 0.1) is 0 Å². The summed E-state index contributed by atoms with van der Waals surface area (Å²) >= 11 is 2.88. The van der Waals surface area contributed by atoms with Crippen molar-refractivity contribution in [1.29, 1.82) is 0 Å². The van der Waals surface area contributed by atoms with Gasteiger partial charge in [0, 0.05) is 15.8 Å². The summed E-state index contributed by atoms with van der Waals surface area (Å²) in [6, 6.07) is 9.41. The highest BCUT2D eigenvalue weighted by atomic mass is 32.1. The SMILES string of the molecule is CCOC(=O)c1cc(CC)sc1NC(=O)Cc1csc(-c2ccc(OC)cc2)n1. The summed E-state index contributed by atoms with van der Waals surface area (Å²) in [6.45, 7) is 4.05. The van der Waals surface area contributed by atoms with Crippen LogP contribution in [0.25, 0.3) is 10.6 Å². The monoisotopic (exact) mass is 430 g/mol. The molecule has 0 bridgehead atoms. The number of rotatable bonds is 8. The number of hydrogen-bond acceptors (Lipinski definition) is 7. The fourth-order valence-electron chi connectivity index (χ4n) is 2.66. The van der Waals surface area contributed by atoms with Gasteiger partial charge < -0.3 is 14.8 Å². The van der Waals surface area contributed by atoms with Crippen LogP contribution in [0.15, 0.2) is 35.7 Å². The number of nitrogens with one attached hydrogen (secondary N) is 1. The highest BCUT2D eigenvalue weighted by Gasteiger charge is 2.19. The third-order valence-electron chi connectivity index (χ3n) is 4.11. The van der Waals surface area contributed by atoms with Crippen molar-refractivity contribution in [3.05, 3.63) is 51.8 Å². The van der Waals surface area contributed by atoms with Crippen LogP contribution in [-0.4, -0.2) is 30.6 Å². The normalized spacial score (nSPS) is 10.6. The van der Waals surface area contributed by atoms with Gasteiger partial charge in [0.2, 0.25) is 5.91 Å². The summed E-state index contributed by atoms with van der Waals surface area (Å²) < 4.78 is 10.3. The molecule has 1 N–H and O–H groups in total. The zero-order chi connectivity index (χ0) is 20.8. The second kappa shape index (κ2) is 9.67. The van der Waals surface area contributed by atoms with E-state index in [1.54, 1.807) is 20.1 Å². The Labute approximate surface area is 177 Å². The minimum Gasteiger partial charge on any atom is -0.497 e. The van der Waals surface area contributed by atoms with Gasteiger partial charge in [0.25, 0.3) is 0 Å². The molecule has 3 rings (SSSR count). The highest BCUT2D eigenvalue weighted by molar-refractivity contribution is 7.16. The van der Waals surface area contributed by atoms with Crippen molar-refractivity contribution in [2.24, 2.45) is 0 Å². The van der Waals surface area contributed by atoms with E-state index in [4.69, 9.17) is 9.47 Å². The van der Waals surface area contributed by atoms with Gasteiger partial charge in [0.05, 0.1) is 31.4 Å². The number of hydrogen-bond donors (Lipinski definition) is 1. The van der Waals surface area contributed by atoms with Gasteiger partial charge in [-0.1, -0.05) is 6.92 Å². The van der Waals surface area contributed by atoms with Crippen LogP contribution in [0.4, 0.5) is 5.00 Å². The smallest absolute Gasteiger partial charge is 0.341 e. The number of thiophene rings is 1. The number of amides is 1. The van der Waals surface area contributed by atoms with Crippen molar-refractivity contribution in [3.63, 3.8) is 0 Å². The molecule has 1 aromatic carbocycles. The Morgan fingerprint density at radius 1 is 1.17 bits per heavy atom. The summed E-state index contributed by atoms with van der Waals surface area (Å²) in [5.41, 5.74) is 2.06. The van der Waals surface area contributed by atoms with E-state index in [1.807, 2.05) is 36.6 Å². The van der Waals surface area contributed by atoms with Gasteiger partial charge in [0.15, 0.2) is 0 Å². The van der Waals surface area contributed by atoms with E-state index in [0.717, 1.165) is 27.6 Å². The predicted octanol–water partition coefficient (Wildman–Crippen LogP) is 4.80. The van der Waals surface area contributed by atoms with E-state index in [0.29, 0.717) is 16.3 Å². The fraction of sp³-hybridized carbons (Fsp3) is 0.286. The zero-order valence-corrected chi connectivity index (χ0v) is 18.1. The number of aryl methyl sites for hydroxylation is 1. The number of thiazole rings is 1. The number of aromatic nitrogens is 1. The highest BCUT2D eigenvalue weighted by Crippen LogP contribution is 2.30. The molecule has 0 saturated carbocycles. The molecule has 0 aliphatic heterocycles. The molecule has 0 radical (unpaired) electrons. The first-order valence-corrected chi connectivity index (χ1v) is 10.9. The first-order valence-electron chi connectivity index (χ1n) is 9.22. The maximum Gasteiger partial charge on any atom is 0.341 e. The molecule has 2 aromatic heterocycles. The van der Waals surface area contributed by atoms with E-state index in [1.165, 1.54) is 22.7 Å². The molecule has 152 valence electrons. The van der Waals surface area contributed by atoms with Crippen LogP contribution in [0.3, 0.4) is 0 Å². The molecule has 3 aromatic rings. The number of methoxy groups -OCH3 is 1. The molecule has 2 heterocycles. The molecule has 0 aliphatic rings. The lowest BCUT2D eigenvalue weighted by molar-refractivity contribution is -0.115. The third-order valence-corrected chi connectivity index (χ3v) is 6.25. The van der Waals surface area contributed by atoms with E-state index in [2.05, 4.69) is 10.3 Å². The summed E-state index contributed by atoms with van der Waals surface area (Å²) in [4.78, 5) is 30.3. The molecule has 0 atom stereocenters. The van der Waals surface area contributed by atoms with E-state index >= 15 is 0 Å². The Bertz CT molecular complexity index is 993. The molecule has 0 aliphatic carbocycles. The maximum atomic E-state index is 12.5. The Kier molecular flexibility index (Phi) is 7.00. The number of benzene rings is 1. The predicted molar refractivity (Wildman–Crippen MR) is 116 cm³/mol. The van der Waals surface area contributed by atoms with E-state index in [9.17, 15) is 9.59 Å². The summed E-state index contributed by atoms with van der Waals surface area (Å²) in [6.07, 6.45) is 0.915. The third kappa shape index (κ3) is 5.21. The number of nitrogens with zero attached hydrogens (tertiary/aromatic N) is 1. The van der Waals surface area contributed by atoms with Crippen LogP contribution in [-0.2, 0) is 22.4 Å². The summed E-state index contributed by atoms with van der Waals surface area (Å²) in [5.74, 6) is 0.144. The van der Waals surface area contributed by atoms with Crippen molar-refractivity contribution >= 4 is 39.6 Å². The number of esters is 1. The second-order valence-corrected chi connectivity index (χ2v) is 8.12. The molecule has 6 nitrogen and oxygen atoms in total. The van der Waals surface area contributed by atoms with E-state index in [-0.39, 0.29) is 18.9 Å². The van der Waals surface area contributed by atoms with Crippen LogP contribution in [0.2, 0.25) is 0 Å². The maximum absolute atomic E-state index is 12.5. The van der Waals surface area contributed by atoms with Crippen LogP contribution in [0.1, 0.15) is 34.8 Å². The number of ether oxygens (including phenoxy) is 2. The van der Waals surface area contributed by atoms with Crippen molar-refractivity contribution < 1.29 is 19.1 Å². The fourth-order valence-corrected chi connectivity index (χ4v) is 4.49. The minimum atomic E-state index is -0.422. The molecule has 8 heteroatoms. The molecular weight excluding hydrogens is 408 g/mol. The van der Waals surface area contributed by atoms with Gasteiger partial charge in [-0.05, 0) is 43.7 Å². The number of anilines is 1. The zero-order valence-electron chi connectivity index (χ0n) is 16.5. The lowest BCUT2D eigenvalue weighted by atomic mass is 10.2. The lowest BCUT2D eigenvalue weighted by Gasteiger charge is -2.05. The Morgan fingerprint density at radius 3 is 2.59 bits per heavy atom. The van der Waals surface area contributed by atoms with Crippen molar-refractivity contribution in [2.45, 2.75) is 26.7 Å². The largest absolute Gasteiger partial charge is 0.497 e. The van der Waals surface area contributed by atoms with Crippen molar-refractivity contribution in [1.82, 2.24) is 4.98 Å². The molecule has 0 spiro atoms. The Hall–Kier alpha value is -2.71. The topological polar surface area (TPSA) is 77.5 Å².